The molecule has 1 aliphatic rings. The van der Waals surface area contributed by atoms with Crippen LogP contribution in [0, 0.1) is 11.7 Å². The second-order valence-electron chi connectivity index (χ2n) is 6.49. The number of carbonyl (C=O) groups is 2. The van der Waals surface area contributed by atoms with Crippen molar-refractivity contribution in [1.82, 2.24) is 0 Å². The number of methoxy groups -OCH3 is 1. The quantitative estimate of drug-likeness (QED) is 0.602. The Balaban J connectivity index is 1.96. The average molecular weight is 383 g/mol. The monoisotopic (exact) mass is 383 g/mol. The van der Waals surface area contributed by atoms with E-state index in [0.717, 1.165) is 5.56 Å². The first-order valence-corrected chi connectivity index (χ1v) is 9.10. The summed E-state index contributed by atoms with van der Waals surface area (Å²) in [5.41, 5.74) is 1.61. The van der Waals surface area contributed by atoms with Crippen LogP contribution in [0.3, 0.4) is 0 Å². The molecule has 0 unspecified atom stereocenters. The number of hydrogen-bond acceptors (Lipinski definition) is 5. The molecule has 0 aliphatic heterocycles. The van der Waals surface area contributed by atoms with Crippen LogP contribution in [0.15, 0.2) is 60.3 Å². The summed E-state index contributed by atoms with van der Waals surface area (Å²) in [5, 5.41) is 2.98. The molecule has 6 heteroatoms. The highest BCUT2D eigenvalue weighted by Gasteiger charge is 2.39. The number of esters is 1. The molecular weight excluding hydrogens is 361 g/mol. The van der Waals surface area contributed by atoms with E-state index in [1.54, 1.807) is 44.4 Å². The molecule has 0 radical (unpaired) electrons. The number of para-hydroxylation sites is 1. The third kappa shape index (κ3) is 4.22. The van der Waals surface area contributed by atoms with E-state index in [9.17, 15) is 14.0 Å². The van der Waals surface area contributed by atoms with Crippen LogP contribution >= 0.6 is 0 Å². The van der Waals surface area contributed by atoms with Crippen molar-refractivity contribution in [3.05, 3.63) is 71.7 Å². The third-order valence-electron chi connectivity index (χ3n) is 4.70. The van der Waals surface area contributed by atoms with Crippen LogP contribution in [0.4, 0.5) is 10.1 Å². The number of allylic oxidation sites excluding steroid dienone is 2. The van der Waals surface area contributed by atoms with Crippen molar-refractivity contribution in [3.63, 3.8) is 0 Å². The van der Waals surface area contributed by atoms with Gasteiger partial charge in [-0.1, -0.05) is 24.3 Å². The van der Waals surface area contributed by atoms with Crippen molar-refractivity contribution in [2.45, 2.75) is 19.3 Å². The van der Waals surface area contributed by atoms with E-state index < -0.39 is 23.6 Å². The SMILES string of the molecule is CCOC(=O)[C@@H]1C(=O)C=C(Nc2ccccc2F)C[C@@H]1c1cccc(OC)c1. The van der Waals surface area contributed by atoms with Crippen LogP contribution in [0.1, 0.15) is 24.8 Å². The molecule has 3 rings (SSSR count). The molecule has 146 valence electrons. The number of ether oxygens (including phenoxy) is 2. The van der Waals surface area contributed by atoms with E-state index in [1.807, 2.05) is 12.1 Å². The summed E-state index contributed by atoms with van der Waals surface area (Å²) in [6.45, 7) is 1.89. The molecule has 0 fully saturated rings. The number of anilines is 1. The second-order valence-corrected chi connectivity index (χ2v) is 6.49. The molecule has 1 N–H and O–H groups in total. The molecule has 2 atom stereocenters. The van der Waals surface area contributed by atoms with Gasteiger partial charge in [0.05, 0.1) is 19.4 Å². The zero-order chi connectivity index (χ0) is 20.1. The van der Waals surface area contributed by atoms with Gasteiger partial charge >= 0.3 is 5.97 Å². The number of carbonyl (C=O) groups excluding carboxylic acids is 2. The Kier molecular flexibility index (Phi) is 6.09. The maximum Gasteiger partial charge on any atom is 0.317 e. The zero-order valence-corrected chi connectivity index (χ0v) is 15.8. The van der Waals surface area contributed by atoms with Crippen molar-refractivity contribution in [3.8, 4) is 5.75 Å². The Hall–Kier alpha value is -3.15. The summed E-state index contributed by atoms with van der Waals surface area (Å²) < 4.78 is 24.4. The first kappa shape index (κ1) is 19.6. The van der Waals surface area contributed by atoms with Crippen molar-refractivity contribution in [2.75, 3.05) is 19.0 Å². The Morgan fingerprint density at radius 2 is 2.00 bits per heavy atom. The lowest BCUT2D eigenvalue weighted by atomic mass is 9.76. The molecule has 5 nitrogen and oxygen atoms in total. The van der Waals surface area contributed by atoms with Crippen molar-refractivity contribution < 1.29 is 23.5 Å². The van der Waals surface area contributed by atoms with E-state index in [1.165, 1.54) is 12.1 Å². The van der Waals surface area contributed by atoms with Crippen LogP contribution in [-0.4, -0.2) is 25.5 Å². The number of halogens is 1. The lowest BCUT2D eigenvalue weighted by molar-refractivity contribution is -0.151. The Morgan fingerprint density at radius 1 is 1.21 bits per heavy atom. The van der Waals surface area contributed by atoms with Crippen LogP contribution in [0.25, 0.3) is 0 Å². The van der Waals surface area contributed by atoms with Crippen molar-refractivity contribution in [1.29, 1.82) is 0 Å². The minimum absolute atomic E-state index is 0.192. The molecule has 1 aliphatic carbocycles. The first-order chi connectivity index (χ1) is 13.5. The van der Waals surface area contributed by atoms with Gasteiger partial charge in [0, 0.05) is 17.7 Å². The lowest BCUT2D eigenvalue weighted by Crippen LogP contribution is -2.35. The Labute approximate surface area is 163 Å². The predicted octanol–water partition coefficient (Wildman–Crippen LogP) is 4.07. The normalized spacial score (nSPS) is 19.0. The van der Waals surface area contributed by atoms with Crippen LogP contribution in [-0.2, 0) is 14.3 Å². The van der Waals surface area contributed by atoms with Gasteiger partial charge in [0.1, 0.15) is 17.5 Å². The fraction of sp³-hybridized carbons (Fsp3) is 0.273. The molecule has 0 heterocycles. The molecule has 0 saturated carbocycles. The summed E-state index contributed by atoms with van der Waals surface area (Å²) in [6.07, 6.45) is 1.72. The van der Waals surface area contributed by atoms with E-state index >= 15 is 0 Å². The van der Waals surface area contributed by atoms with Gasteiger partial charge in [-0.05, 0) is 43.2 Å². The lowest BCUT2D eigenvalue weighted by Gasteiger charge is -2.30. The summed E-state index contributed by atoms with van der Waals surface area (Å²) >= 11 is 0. The van der Waals surface area contributed by atoms with E-state index in [2.05, 4.69) is 5.32 Å². The van der Waals surface area contributed by atoms with Gasteiger partial charge in [-0.2, -0.15) is 0 Å². The number of rotatable bonds is 6. The second kappa shape index (κ2) is 8.69. The standard InChI is InChI=1S/C22H22FNO4/c1-3-28-22(26)21-17(14-7-6-8-16(11-14)27-2)12-15(13-20(21)25)24-19-10-5-4-9-18(19)23/h4-11,13,17,21,24H,3,12H2,1-2H3/t17-,21+/m1/s1. The van der Waals surface area contributed by atoms with E-state index in [-0.39, 0.29) is 18.1 Å². The highest BCUT2D eigenvalue weighted by Crippen LogP contribution is 2.38. The number of benzene rings is 2. The van der Waals surface area contributed by atoms with Crippen LogP contribution < -0.4 is 10.1 Å². The summed E-state index contributed by atoms with van der Waals surface area (Å²) in [6, 6.07) is 13.5. The minimum atomic E-state index is -0.946. The molecule has 2 aromatic carbocycles. The zero-order valence-electron chi connectivity index (χ0n) is 15.8. The van der Waals surface area contributed by atoms with Crippen molar-refractivity contribution >= 4 is 17.4 Å². The molecule has 2 aromatic rings. The maximum atomic E-state index is 14.0. The van der Waals surface area contributed by atoms with E-state index in [4.69, 9.17) is 9.47 Å². The highest BCUT2D eigenvalue weighted by molar-refractivity contribution is 6.07. The average Bonchev–Trinajstić information content (AvgIpc) is 2.69. The number of ketones is 1. The van der Waals surface area contributed by atoms with Crippen LogP contribution in [0.5, 0.6) is 5.75 Å². The van der Waals surface area contributed by atoms with E-state index in [0.29, 0.717) is 17.9 Å². The number of hydrogen-bond donors (Lipinski definition) is 1. The molecule has 0 aromatic heterocycles. The molecule has 28 heavy (non-hydrogen) atoms. The van der Waals surface area contributed by atoms with Gasteiger partial charge < -0.3 is 14.8 Å². The van der Waals surface area contributed by atoms with Crippen LogP contribution in [0.2, 0.25) is 0 Å². The highest BCUT2D eigenvalue weighted by atomic mass is 19.1. The van der Waals surface area contributed by atoms with Gasteiger partial charge in [-0.15, -0.1) is 0 Å². The molecule has 0 saturated heterocycles. The molecule has 0 amide bonds. The molecule has 0 spiro atoms. The number of nitrogens with one attached hydrogen (secondary N) is 1. The topological polar surface area (TPSA) is 64.6 Å². The summed E-state index contributed by atoms with van der Waals surface area (Å²) in [5.74, 6) is -2.09. The predicted molar refractivity (Wildman–Crippen MR) is 104 cm³/mol. The third-order valence-corrected chi connectivity index (χ3v) is 4.70. The van der Waals surface area contributed by atoms with Gasteiger partial charge in [0.2, 0.25) is 0 Å². The summed E-state index contributed by atoms with van der Waals surface area (Å²) in [7, 11) is 1.55. The van der Waals surface area contributed by atoms with Gasteiger partial charge in [-0.25, -0.2) is 4.39 Å². The molecular formula is C22H22FNO4. The van der Waals surface area contributed by atoms with Gasteiger partial charge in [0.25, 0.3) is 0 Å². The Morgan fingerprint density at radius 3 is 2.71 bits per heavy atom. The fourth-order valence-electron chi connectivity index (χ4n) is 3.39. The summed E-state index contributed by atoms with van der Waals surface area (Å²) in [4.78, 5) is 25.3. The Bertz CT molecular complexity index is 909. The van der Waals surface area contributed by atoms with Crippen molar-refractivity contribution in [2.24, 2.45) is 5.92 Å². The molecule has 0 bridgehead atoms. The maximum absolute atomic E-state index is 14.0. The smallest absolute Gasteiger partial charge is 0.317 e. The first-order valence-electron chi connectivity index (χ1n) is 9.10. The van der Waals surface area contributed by atoms with Gasteiger partial charge in [0.15, 0.2) is 5.78 Å². The largest absolute Gasteiger partial charge is 0.497 e. The fourth-order valence-corrected chi connectivity index (χ4v) is 3.39. The van der Waals surface area contributed by atoms with Gasteiger partial charge in [-0.3, -0.25) is 9.59 Å². The minimum Gasteiger partial charge on any atom is -0.497 e.